The summed E-state index contributed by atoms with van der Waals surface area (Å²) in [4.78, 5) is 24.0. The second kappa shape index (κ2) is 15.9. The molecule has 0 aliphatic carbocycles. The highest BCUT2D eigenvalue weighted by atomic mass is 19.3. The third-order valence-corrected chi connectivity index (χ3v) is 5.75. The van der Waals surface area contributed by atoms with Crippen molar-refractivity contribution in [2.75, 3.05) is 38.0 Å². The SMILES string of the molecule is Nc1cc(N)cc(C(=O)OCCCCOC(=O)C=Cc2ccc(OC(F)(F)c3ccc(OCCCCF)cc3)cc2)c1. The number of alkyl halides is 3. The number of hydrogen-bond donors (Lipinski definition) is 2. The zero-order valence-corrected chi connectivity index (χ0v) is 22.9. The standard InChI is InChI=1S/C31H33F3N2O6/c32-15-1-2-16-39-27-12-8-24(9-13-27)31(33,34)42-28-10-5-22(6-11-28)7-14-29(37)40-17-3-4-18-41-30(38)23-19-25(35)21-26(36)20-23/h5-14,19-21H,1-4,15-18,35-36H2. The molecule has 0 heterocycles. The van der Waals surface area contributed by atoms with Crippen LogP contribution in [0.2, 0.25) is 0 Å². The second-order valence-electron chi connectivity index (χ2n) is 9.19. The Hall–Kier alpha value is -4.67. The first kappa shape index (κ1) is 31.9. The molecule has 0 spiro atoms. The summed E-state index contributed by atoms with van der Waals surface area (Å²) in [6.07, 6.45) is 0.984. The molecule has 0 aromatic heterocycles. The lowest BCUT2D eigenvalue weighted by atomic mass is 10.2. The number of benzene rings is 3. The molecule has 0 bridgehead atoms. The van der Waals surface area contributed by atoms with Gasteiger partial charge in [0.1, 0.15) is 11.5 Å². The van der Waals surface area contributed by atoms with Gasteiger partial charge in [-0.15, -0.1) is 0 Å². The van der Waals surface area contributed by atoms with Crippen LogP contribution in [0.15, 0.2) is 72.8 Å². The van der Waals surface area contributed by atoms with Gasteiger partial charge >= 0.3 is 18.0 Å². The quantitative estimate of drug-likeness (QED) is 0.0868. The van der Waals surface area contributed by atoms with Crippen molar-refractivity contribution in [3.05, 3.63) is 89.5 Å². The highest BCUT2D eigenvalue weighted by molar-refractivity contribution is 5.91. The van der Waals surface area contributed by atoms with E-state index >= 15 is 0 Å². The number of ether oxygens (including phenoxy) is 4. The molecule has 0 unspecified atom stereocenters. The third kappa shape index (κ3) is 10.7. The summed E-state index contributed by atoms with van der Waals surface area (Å²) in [5, 5.41) is 0. The lowest BCUT2D eigenvalue weighted by Gasteiger charge is -2.18. The Morgan fingerprint density at radius 3 is 2.00 bits per heavy atom. The molecular formula is C31H33F3N2O6. The van der Waals surface area contributed by atoms with Gasteiger partial charge in [-0.25, -0.2) is 9.59 Å². The van der Waals surface area contributed by atoms with Crippen molar-refractivity contribution < 1.29 is 41.7 Å². The minimum atomic E-state index is -3.59. The van der Waals surface area contributed by atoms with Crippen molar-refractivity contribution in [3.8, 4) is 11.5 Å². The number of halogens is 3. The summed E-state index contributed by atoms with van der Waals surface area (Å²) in [5.41, 5.74) is 12.5. The van der Waals surface area contributed by atoms with Crippen LogP contribution in [0, 0.1) is 0 Å². The molecule has 3 aromatic rings. The molecule has 0 fully saturated rings. The van der Waals surface area contributed by atoms with Gasteiger partial charge in [-0.3, -0.25) is 4.39 Å². The van der Waals surface area contributed by atoms with E-state index in [-0.39, 0.29) is 30.1 Å². The van der Waals surface area contributed by atoms with Gasteiger partial charge in [0.25, 0.3) is 0 Å². The van der Waals surface area contributed by atoms with Crippen LogP contribution >= 0.6 is 0 Å². The minimum absolute atomic E-state index is 0.0637. The Morgan fingerprint density at radius 2 is 1.36 bits per heavy atom. The van der Waals surface area contributed by atoms with Crippen LogP contribution in [-0.4, -0.2) is 38.4 Å². The van der Waals surface area contributed by atoms with Gasteiger partial charge in [-0.1, -0.05) is 12.1 Å². The summed E-state index contributed by atoms with van der Waals surface area (Å²) in [7, 11) is 0. The molecule has 0 amide bonds. The molecule has 0 saturated carbocycles. The average molecular weight is 587 g/mol. The number of carbonyl (C=O) groups excluding carboxylic acids is 2. The molecule has 0 radical (unpaired) electrons. The van der Waals surface area contributed by atoms with Crippen LogP contribution in [0.25, 0.3) is 6.08 Å². The molecule has 42 heavy (non-hydrogen) atoms. The van der Waals surface area contributed by atoms with E-state index in [9.17, 15) is 22.8 Å². The largest absolute Gasteiger partial charge is 0.494 e. The highest BCUT2D eigenvalue weighted by Gasteiger charge is 2.34. The van der Waals surface area contributed by atoms with E-state index in [1.807, 2.05) is 0 Å². The van der Waals surface area contributed by atoms with Crippen LogP contribution in [0.4, 0.5) is 24.5 Å². The fourth-order valence-corrected chi connectivity index (χ4v) is 3.62. The van der Waals surface area contributed by atoms with Gasteiger partial charge in [0.2, 0.25) is 0 Å². The van der Waals surface area contributed by atoms with Gasteiger partial charge in [-0.05, 0) is 91.9 Å². The maximum atomic E-state index is 14.6. The topological polar surface area (TPSA) is 123 Å². The summed E-state index contributed by atoms with van der Waals surface area (Å²) < 4.78 is 61.9. The van der Waals surface area contributed by atoms with Crippen LogP contribution in [0.3, 0.4) is 0 Å². The van der Waals surface area contributed by atoms with Gasteiger partial charge in [0, 0.05) is 17.5 Å². The lowest BCUT2D eigenvalue weighted by Crippen LogP contribution is -2.21. The van der Waals surface area contributed by atoms with Gasteiger partial charge in [0.05, 0.1) is 37.6 Å². The highest BCUT2D eigenvalue weighted by Crippen LogP contribution is 2.32. The fraction of sp³-hybridized carbons (Fsp3) is 0.290. The Morgan fingerprint density at radius 1 is 0.762 bits per heavy atom. The maximum Gasteiger partial charge on any atom is 0.426 e. The Kier molecular flexibility index (Phi) is 12.1. The molecule has 224 valence electrons. The summed E-state index contributed by atoms with van der Waals surface area (Å²) in [5.74, 6) is -0.781. The first-order valence-electron chi connectivity index (χ1n) is 13.3. The van der Waals surface area contributed by atoms with E-state index in [1.165, 1.54) is 78.9 Å². The van der Waals surface area contributed by atoms with Crippen LogP contribution in [0.1, 0.15) is 47.2 Å². The van der Waals surface area contributed by atoms with Crippen molar-refractivity contribution in [1.82, 2.24) is 0 Å². The number of nitrogen functional groups attached to an aromatic ring is 2. The number of nitrogens with two attached hydrogens (primary N) is 2. The average Bonchev–Trinajstić information content (AvgIpc) is 2.96. The minimum Gasteiger partial charge on any atom is -0.494 e. The maximum absolute atomic E-state index is 14.6. The van der Waals surface area contributed by atoms with Crippen LogP contribution in [-0.2, 0) is 20.4 Å². The van der Waals surface area contributed by atoms with Gasteiger partial charge in [-0.2, -0.15) is 8.78 Å². The fourth-order valence-electron chi connectivity index (χ4n) is 3.62. The number of esters is 2. The molecule has 3 aromatic carbocycles. The smallest absolute Gasteiger partial charge is 0.426 e. The van der Waals surface area contributed by atoms with Crippen molar-refractivity contribution in [1.29, 1.82) is 0 Å². The third-order valence-electron chi connectivity index (χ3n) is 5.75. The number of carbonyl (C=O) groups is 2. The van der Waals surface area contributed by atoms with E-state index in [4.69, 9.17) is 30.4 Å². The molecule has 0 atom stereocenters. The van der Waals surface area contributed by atoms with Crippen molar-refractivity contribution in [2.24, 2.45) is 0 Å². The Balaban J connectivity index is 1.36. The molecule has 0 aliphatic rings. The zero-order chi connectivity index (χ0) is 30.4. The molecule has 8 nitrogen and oxygen atoms in total. The number of unbranched alkanes of at least 4 members (excludes halogenated alkanes) is 2. The Bertz CT molecular complexity index is 1310. The van der Waals surface area contributed by atoms with Crippen LogP contribution in [0.5, 0.6) is 11.5 Å². The predicted molar refractivity (Wildman–Crippen MR) is 153 cm³/mol. The molecule has 4 N–H and O–H groups in total. The molecule has 0 aliphatic heterocycles. The molecule has 3 rings (SSSR count). The number of rotatable bonds is 16. The summed E-state index contributed by atoms with van der Waals surface area (Å²) in [6.45, 7) is 0.135. The molecule has 0 saturated heterocycles. The number of anilines is 2. The first-order valence-corrected chi connectivity index (χ1v) is 13.3. The van der Waals surface area contributed by atoms with E-state index in [0.717, 1.165) is 0 Å². The first-order chi connectivity index (χ1) is 20.2. The zero-order valence-electron chi connectivity index (χ0n) is 22.9. The van der Waals surface area contributed by atoms with E-state index < -0.39 is 24.7 Å². The summed E-state index contributed by atoms with van der Waals surface area (Å²) >= 11 is 0. The lowest BCUT2D eigenvalue weighted by molar-refractivity contribution is -0.185. The molecule has 11 heteroatoms. The van der Waals surface area contributed by atoms with Crippen molar-refractivity contribution in [3.63, 3.8) is 0 Å². The predicted octanol–water partition coefficient (Wildman–Crippen LogP) is 6.30. The second-order valence-corrected chi connectivity index (χ2v) is 9.19. The van der Waals surface area contributed by atoms with E-state index in [1.54, 1.807) is 0 Å². The number of hydrogen-bond acceptors (Lipinski definition) is 8. The van der Waals surface area contributed by atoms with Crippen molar-refractivity contribution in [2.45, 2.75) is 31.8 Å². The summed E-state index contributed by atoms with van der Waals surface area (Å²) in [6, 6.07) is 15.5. The van der Waals surface area contributed by atoms with Gasteiger partial charge < -0.3 is 30.4 Å². The van der Waals surface area contributed by atoms with Gasteiger partial charge in [0.15, 0.2) is 0 Å². The normalized spacial score (nSPS) is 11.3. The van der Waals surface area contributed by atoms with E-state index in [2.05, 4.69) is 0 Å². The monoisotopic (exact) mass is 586 g/mol. The van der Waals surface area contributed by atoms with Crippen LogP contribution < -0.4 is 20.9 Å². The molecular weight excluding hydrogens is 553 g/mol. The van der Waals surface area contributed by atoms with E-state index in [0.29, 0.717) is 55.0 Å². The Labute approximate surface area is 242 Å². The van der Waals surface area contributed by atoms with Crippen molar-refractivity contribution >= 4 is 29.4 Å².